The third-order valence-corrected chi connectivity index (χ3v) is 11.4. The zero-order chi connectivity index (χ0) is 25.2. The van der Waals surface area contributed by atoms with Crippen LogP contribution in [0.25, 0.3) is 0 Å². The summed E-state index contributed by atoms with van der Waals surface area (Å²) in [4.78, 5) is 0. The van der Waals surface area contributed by atoms with Gasteiger partial charge in [-0.15, -0.1) is 0 Å². The highest BCUT2D eigenvalue weighted by molar-refractivity contribution is 5.12. The zero-order valence-electron chi connectivity index (χ0n) is 23.8. The molecule has 0 amide bonds. The monoisotopic (exact) mass is 490 g/mol. The molecule has 4 aliphatic rings. The maximum Gasteiger partial charge on any atom is 0.146 e. The molecule has 0 spiro atoms. The van der Waals surface area contributed by atoms with Gasteiger partial charge >= 0.3 is 0 Å². The standard InChI is InChI=1S/C31H54O4/c1-21(2)9-8-10-22(3)25-11-12-26-24-18-29(35-20-33-7)28-17-23(34-19-32-6)13-15-31(28,5)27(24)14-16-30(25,26)4/h9,22-29H,8,10-20H2,1-7H3/t22-,23-,24+,25-,26+,27+,28+,29+,30-,31-/m1/s1. The summed E-state index contributed by atoms with van der Waals surface area (Å²) in [5.41, 5.74) is 2.31. The fourth-order valence-corrected chi connectivity index (χ4v) is 9.70. The quantitative estimate of drug-likeness (QED) is 0.233. The molecular formula is C31H54O4. The zero-order valence-corrected chi connectivity index (χ0v) is 23.8. The van der Waals surface area contributed by atoms with E-state index in [9.17, 15) is 0 Å². The highest BCUT2D eigenvalue weighted by Crippen LogP contribution is 2.68. The maximum atomic E-state index is 6.48. The molecule has 4 saturated carbocycles. The van der Waals surface area contributed by atoms with Crippen molar-refractivity contribution in [1.82, 2.24) is 0 Å². The molecule has 0 unspecified atom stereocenters. The third kappa shape index (κ3) is 5.42. The van der Waals surface area contributed by atoms with Gasteiger partial charge in [-0.1, -0.05) is 32.4 Å². The van der Waals surface area contributed by atoms with Gasteiger partial charge < -0.3 is 18.9 Å². The molecule has 0 aromatic rings. The van der Waals surface area contributed by atoms with E-state index in [-0.39, 0.29) is 6.10 Å². The van der Waals surface area contributed by atoms with Gasteiger partial charge in [-0.25, -0.2) is 0 Å². The van der Waals surface area contributed by atoms with Crippen LogP contribution in [0.5, 0.6) is 0 Å². The van der Waals surface area contributed by atoms with Gasteiger partial charge in [0.25, 0.3) is 0 Å². The largest absolute Gasteiger partial charge is 0.359 e. The summed E-state index contributed by atoms with van der Waals surface area (Å²) in [6.07, 6.45) is 16.0. The van der Waals surface area contributed by atoms with Crippen molar-refractivity contribution in [3.63, 3.8) is 0 Å². The van der Waals surface area contributed by atoms with Crippen LogP contribution in [0.2, 0.25) is 0 Å². The number of hydrogen-bond donors (Lipinski definition) is 0. The van der Waals surface area contributed by atoms with E-state index in [2.05, 4.69) is 40.7 Å². The molecule has 0 aromatic carbocycles. The van der Waals surface area contributed by atoms with Crippen molar-refractivity contribution < 1.29 is 18.9 Å². The van der Waals surface area contributed by atoms with E-state index in [0.29, 0.717) is 36.4 Å². The molecule has 4 nitrogen and oxygen atoms in total. The predicted octanol–water partition coefficient (Wildman–Crippen LogP) is 7.62. The van der Waals surface area contributed by atoms with Crippen LogP contribution in [-0.2, 0) is 18.9 Å². The van der Waals surface area contributed by atoms with Crippen LogP contribution in [-0.4, -0.2) is 40.0 Å². The lowest BCUT2D eigenvalue weighted by atomic mass is 9.43. The minimum Gasteiger partial charge on any atom is -0.359 e. The summed E-state index contributed by atoms with van der Waals surface area (Å²) in [7, 11) is 3.48. The van der Waals surface area contributed by atoms with E-state index in [4.69, 9.17) is 18.9 Å². The molecule has 4 fully saturated rings. The lowest BCUT2D eigenvalue weighted by molar-refractivity contribution is -0.214. The predicted molar refractivity (Wildman–Crippen MR) is 142 cm³/mol. The number of fused-ring (bicyclic) bond motifs is 5. The van der Waals surface area contributed by atoms with Gasteiger partial charge in [0.05, 0.1) is 12.2 Å². The highest BCUT2D eigenvalue weighted by Gasteiger charge is 2.62. The summed E-state index contributed by atoms with van der Waals surface area (Å²) < 4.78 is 23.2. The van der Waals surface area contributed by atoms with Crippen molar-refractivity contribution >= 4 is 0 Å². The summed E-state index contributed by atoms with van der Waals surface area (Å²) in [5.74, 6) is 4.73. The van der Waals surface area contributed by atoms with Gasteiger partial charge in [-0.2, -0.15) is 0 Å². The van der Waals surface area contributed by atoms with Gasteiger partial charge in [-0.3, -0.25) is 0 Å². The molecular weight excluding hydrogens is 436 g/mol. The van der Waals surface area contributed by atoms with Gasteiger partial charge in [0.1, 0.15) is 13.6 Å². The second-order valence-corrected chi connectivity index (χ2v) is 13.4. The van der Waals surface area contributed by atoms with Crippen molar-refractivity contribution in [3.8, 4) is 0 Å². The minimum absolute atomic E-state index is 0.284. The maximum absolute atomic E-state index is 6.48. The Morgan fingerprint density at radius 1 is 0.857 bits per heavy atom. The molecule has 0 heterocycles. The molecule has 4 rings (SSSR count). The molecule has 35 heavy (non-hydrogen) atoms. The SMILES string of the molecule is COCO[C@@H]1CC[C@]2(C)[C@H]3CC[C@]4(C)[C@@H]([C@H](C)CCC=C(C)C)CC[C@H]4[C@@H]3C[C@H](OCOC)[C@@H]2C1. The fourth-order valence-electron chi connectivity index (χ4n) is 9.70. The minimum atomic E-state index is 0.284. The molecule has 10 atom stereocenters. The van der Waals surface area contributed by atoms with Crippen LogP contribution in [0.4, 0.5) is 0 Å². The molecule has 0 saturated heterocycles. The van der Waals surface area contributed by atoms with Crippen LogP contribution >= 0.6 is 0 Å². The average molecular weight is 491 g/mol. The Morgan fingerprint density at radius 3 is 2.26 bits per heavy atom. The first kappa shape index (κ1) is 27.6. The Bertz CT molecular complexity index is 717. The van der Waals surface area contributed by atoms with E-state index in [1.807, 2.05) is 0 Å². The first-order chi connectivity index (χ1) is 16.7. The Balaban J connectivity index is 1.52. The van der Waals surface area contributed by atoms with Gasteiger partial charge in [-0.05, 0) is 124 Å². The van der Waals surface area contributed by atoms with E-state index in [1.54, 1.807) is 14.2 Å². The topological polar surface area (TPSA) is 36.9 Å². The van der Waals surface area contributed by atoms with E-state index < -0.39 is 0 Å². The van der Waals surface area contributed by atoms with Crippen LogP contribution < -0.4 is 0 Å². The average Bonchev–Trinajstić information content (AvgIpc) is 3.18. The van der Waals surface area contributed by atoms with Crippen molar-refractivity contribution in [2.24, 2.45) is 46.3 Å². The van der Waals surface area contributed by atoms with Gasteiger partial charge in [0.15, 0.2) is 0 Å². The summed E-state index contributed by atoms with van der Waals surface area (Å²) in [6.45, 7) is 13.1. The molecule has 4 heteroatoms. The van der Waals surface area contributed by atoms with Crippen LogP contribution in [0, 0.1) is 46.3 Å². The number of hydrogen-bond acceptors (Lipinski definition) is 4. The number of ether oxygens (including phenoxy) is 4. The summed E-state index contributed by atoms with van der Waals surface area (Å²) in [5, 5.41) is 0. The molecule has 0 aromatic heterocycles. The molecule has 0 aliphatic heterocycles. The normalized spacial score (nSPS) is 43.7. The molecule has 4 aliphatic carbocycles. The third-order valence-electron chi connectivity index (χ3n) is 11.4. The van der Waals surface area contributed by atoms with Crippen molar-refractivity contribution in [2.75, 3.05) is 27.8 Å². The Morgan fingerprint density at radius 2 is 1.54 bits per heavy atom. The van der Waals surface area contributed by atoms with E-state index >= 15 is 0 Å². The first-order valence-corrected chi connectivity index (χ1v) is 14.6. The smallest absolute Gasteiger partial charge is 0.146 e. The van der Waals surface area contributed by atoms with E-state index in [0.717, 1.165) is 42.4 Å². The second kappa shape index (κ2) is 11.5. The fraction of sp³-hybridized carbons (Fsp3) is 0.935. The van der Waals surface area contributed by atoms with Crippen molar-refractivity contribution in [1.29, 1.82) is 0 Å². The molecule has 0 bridgehead atoms. The Hall–Kier alpha value is -0.420. The van der Waals surface area contributed by atoms with Crippen LogP contribution in [0.3, 0.4) is 0 Å². The van der Waals surface area contributed by atoms with Crippen LogP contribution in [0.15, 0.2) is 11.6 Å². The van der Waals surface area contributed by atoms with Crippen molar-refractivity contribution in [3.05, 3.63) is 11.6 Å². The van der Waals surface area contributed by atoms with Crippen LogP contribution in [0.1, 0.15) is 98.8 Å². The number of rotatable bonds is 10. The lowest BCUT2D eigenvalue weighted by Gasteiger charge is -2.63. The number of methoxy groups -OCH3 is 2. The Kier molecular flexibility index (Phi) is 9.10. The number of allylic oxidation sites excluding steroid dienone is 2. The van der Waals surface area contributed by atoms with Gasteiger partial charge in [0, 0.05) is 14.2 Å². The molecule has 0 radical (unpaired) electrons. The van der Waals surface area contributed by atoms with E-state index in [1.165, 1.54) is 56.9 Å². The molecule has 0 N–H and O–H groups in total. The summed E-state index contributed by atoms with van der Waals surface area (Å²) in [6, 6.07) is 0. The lowest BCUT2D eigenvalue weighted by Crippen LogP contribution is -2.59. The van der Waals surface area contributed by atoms with Gasteiger partial charge in [0.2, 0.25) is 0 Å². The summed E-state index contributed by atoms with van der Waals surface area (Å²) >= 11 is 0. The highest BCUT2D eigenvalue weighted by atomic mass is 16.7. The second-order valence-electron chi connectivity index (χ2n) is 13.4. The Labute approximate surface area is 215 Å². The first-order valence-electron chi connectivity index (χ1n) is 14.6. The molecule has 202 valence electrons. The van der Waals surface area contributed by atoms with Crippen molar-refractivity contribution in [2.45, 2.75) is 111 Å².